The fraction of sp³-hybridized carbons (Fsp3) is 0.500. The summed E-state index contributed by atoms with van der Waals surface area (Å²) in [5.74, 6) is 0.322. The van der Waals surface area contributed by atoms with Crippen LogP contribution in [-0.2, 0) is 9.59 Å². The number of hydrogen-bond acceptors (Lipinski definition) is 3. The molecule has 1 aliphatic heterocycles. The molecule has 0 aromatic carbocycles. The van der Waals surface area contributed by atoms with Gasteiger partial charge >= 0.3 is 0 Å². The topological polar surface area (TPSA) is 37.4 Å². The fourth-order valence-corrected chi connectivity index (χ4v) is 1.17. The number of rotatable bonds is 3. The largest absolute Gasteiger partial charge is 0.278 e. The molecule has 0 saturated carbocycles. The molecule has 12 heavy (non-hydrogen) atoms. The van der Waals surface area contributed by atoms with E-state index < -0.39 is 0 Å². The third-order valence-corrected chi connectivity index (χ3v) is 2.21. The average Bonchev–Trinajstić information content (AvgIpc) is 2.35. The zero-order valence-electron chi connectivity index (χ0n) is 6.75. The normalized spacial score (nSPS) is 17.2. The number of carbonyl (C=O) groups is 2. The maximum absolute atomic E-state index is 11.1. The molecule has 1 aliphatic rings. The van der Waals surface area contributed by atoms with E-state index in [0.717, 1.165) is 5.57 Å². The lowest BCUT2D eigenvalue weighted by Gasteiger charge is -2.13. The van der Waals surface area contributed by atoms with Gasteiger partial charge in [0.25, 0.3) is 0 Å². The number of thiol groups is 1. The van der Waals surface area contributed by atoms with E-state index in [-0.39, 0.29) is 11.8 Å². The van der Waals surface area contributed by atoms with E-state index in [4.69, 9.17) is 0 Å². The SMILES string of the molecule is C=C(CS)CN1C(=O)CCC1=O. The standard InChI is InChI=1S/C8H11NO2S/c1-6(5-12)4-9-7(10)2-3-8(9)11/h12H,1-5H2. The molecule has 0 aromatic heterocycles. The highest BCUT2D eigenvalue weighted by molar-refractivity contribution is 7.80. The third kappa shape index (κ3) is 1.88. The van der Waals surface area contributed by atoms with E-state index in [0.29, 0.717) is 25.1 Å². The molecule has 3 nitrogen and oxygen atoms in total. The van der Waals surface area contributed by atoms with Gasteiger partial charge in [-0.15, -0.1) is 0 Å². The number of amides is 2. The molecule has 0 N–H and O–H groups in total. The first-order valence-corrected chi connectivity index (χ1v) is 4.39. The van der Waals surface area contributed by atoms with E-state index in [1.807, 2.05) is 0 Å². The summed E-state index contributed by atoms with van der Waals surface area (Å²) >= 11 is 4.00. The smallest absolute Gasteiger partial charge is 0.229 e. The molecule has 0 aliphatic carbocycles. The lowest BCUT2D eigenvalue weighted by Crippen LogP contribution is -2.31. The molecular formula is C8H11NO2S. The van der Waals surface area contributed by atoms with Gasteiger partial charge in [-0.25, -0.2) is 0 Å². The summed E-state index contributed by atoms with van der Waals surface area (Å²) in [7, 11) is 0. The maximum atomic E-state index is 11.1. The third-order valence-electron chi connectivity index (χ3n) is 1.76. The van der Waals surface area contributed by atoms with Crippen LogP contribution in [0.2, 0.25) is 0 Å². The molecule has 0 aromatic rings. The van der Waals surface area contributed by atoms with E-state index in [1.165, 1.54) is 4.90 Å². The Morgan fingerprint density at radius 1 is 1.42 bits per heavy atom. The minimum Gasteiger partial charge on any atom is -0.278 e. The maximum Gasteiger partial charge on any atom is 0.229 e. The molecule has 0 atom stereocenters. The predicted octanol–water partition coefficient (Wildman–Crippen LogP) is 0.621. The summed E-state index contributed by atoms with van der Waals surface area (Å²) in [6.07, 6.45) is 0.692. The van der Waals surface area contributed by atoms with E-state index in [2.05, 4.69) is 19.2 Å². The van der Waals surface area contributed by atoms with Crippen LogP contribution in [0.15, 0.2) is 12.2 Å². The van der Waals surface area contributed by atoms with Crippen molar-refractivity contribution in [2.24, 2.45) is 0 Å². The molecule has 1 fully saturated rings. The Morgan fingerprint density at radius 3 is 2.33 bits per heavy atom. The van der Waals surface area contributed by atoms with Crippen LogP contribution < -0.4 is 0 Å². The van der Waals surface area contributed by atoms with Crippen LogP contribution in [0.4, 0.5) is 0 Å². The van der Waals surface area contributed by atoms with Crippen molar-refractivity contribution in [3.05, 3.63) is 12.2 Å². The summed E-state index contributed by atoms with van der Waals surface area (Å²) in [6, 6.07) is 0. The lowest BCUT2D eigenvalue weighted by molar-refractivity contribution is -0.137. The van der Waals surface area contributed by atoms with E-state index in [9.17, 15) is 9.59 Å². The molecule has 1 rings (SSSR count). The van der Waals surface area contributed by atoms with Gasteiger partial charge in [0.2, 0.25) is 11.8 Å². The monoisotopic (exact) mass is 185 g/mol. The van der Waals surface area contributed by atoms with Gasteiger partial charge in [-0.1, -0.05) is 6.58 Å². The number of nitrogens with zero attached hydrogens (tertiary/aromatic N) is 1. The summed E-state index contributed by atoms with van der Waals surface area (Å²) in [4.78, 5) is 23.4. The first kappa shape index (κ1) is 9.32. The van der Waals surface area contributed by atoms with Crippen LogP contribution in [0.1, 0.15) is 12.8 Å². The van der Waals surface area contributed by atoms with Crippen LogP contribution in [0.3, 0.4) is 0 Å². The van der Waals surface area contributed by atoms with Gasteiger partial charge in [0.05, 0.1) is 6.54 Å². The summed E-state index contributed by atoms with van der Waals surface area (Å²) in [5, 5.41) is 0. The van der Waals surface area contributed by atoms with Crippen molar-refractivity contribution in [1.29, 1.82) is 0 Å². The Kier molecular flexibility index (Phi) is 2.92. The van der Waals surface area contributed by atoms with Crippen molar-refractivity contribution in [1.82, 2.24) is 4.90 Å². The number of carbonyl (C=O) groups excluding carboxylic acids is 2. The zero-order valence-corrected chi connectivity index (χ0v) is 7.64. The minimum atomic E-state index is -0.0945. The molecule has 0 unspecified atom stereocenters. The van der Waals surface area contributed by atoms with Crippen molar-refractivity contribution >= 4 is 24.4 Å². The molecule has 0 spiro atoms. The Morgan fingerprint density at radius 2 is 1.92 bits per heavy atom. The summed E-state index contributed by atoms with van der Waals surface area (Å²) in [6.45, 7) is 4.02. The molecule has 0 radical (unpaired) electrons. The predicted molar refractivity (Wildman–Crippen MR) is 48.9 cm³/mol. The van der Waals surface area contributed by atoms with Crippen LogP contribution >= 0.6 is 12.6 Å². The van der Waals surface area contributed by atoms with Gasteiger partial charge < -0.3 is 0 Å². The number of hydrogen-bond donors (Lipinski definition) is 1. The van der Waals surface area contributed by atoms with Crippen LogP contribution in [0.25, 0.3) is 0 Å². The van der Waals surface area contributed by atoms with Gasteiger partial charge in [0.15, 0.2) is 0 Å². The summed E-state index contributed by atoms with van der Waals surface area (Å²) in [5.41, 5.74) is 0.793. The van der Waals surface area contributed by atoms with Gasteiger partial charge in [0, 0.05) is 18.6 Å². The van der Waals surface area contributed by atoms with E-state index >= 15 is 0 Å². The highest BCUT2D eigenvalue weighted by atomic mass is 32.1. The molecule has 4 heteroatoms. The minimum absolute atomic E-state index is 0.0945. The van der Waals surface area contributed by atoms with Crippen LogP contribution in [-0.4, -0.2) is 29.0 Å². The first-order chi connectivity index (χ1) is 5.65. The van der Waals surface area contributed by atoms with Crippen LogP contribution in [0.5, 0.6) is 0 Å². The van der Waals surface area contributed by atoms with E-state index in [1.54, 1.807) is 0 Å². The Hall–Kier alpha value is -0.770. The highest BCUT2D eigenvalue weighted by Gasteiger charge is 2.28. The van der Waals surface area contributed by atoms with Crippen molar-refractivity contribution in [2.75, 3.05) is 12.3 Å². The first-order valence-electron chi connectivity index (χ1n) is 3.76. The molecule has 0 bridgehead atoms. The van der Waals surface area contributed by atoms with Crippen molar-refractivity contribution in [2.45, 2.75) is 12.8 Å². The average molecular weight is 185 g/mol. The molecule has 1 heterocycles. The molecule has 2 amide bonds. The fourth-order valence-electron chi connectivity index (χ4n) is 1.07. The quantitative estimate of drug-likeness (QED) is 0.397. The van der Waals surface area contributed by atoms with Crippen molar-refractivity contribution < 1.29 is 9.59 Å². The second-order valence-corrected chi connectivity index (χ2v) is 3.10. The molecule has 66 valence electrons. The van der Waals surface area contributed by atoms with Gasteiger partial charge in [-0.2, -0.15) is 12.6 Å². The van der Waals surface area contributed by atoms with Gasteiger partial charge in [0.1, 0.15) is 0 Å². The zero-order chi connectivity index (χ0) is 9.14. The lowest BCUT2D eigenvalue weighted by atomic mass is 10.3. The molecule has 1 saturated heterocycles. The second kappa shape index (κ2) is 3.76. The number of likely N-dealkylation sites (tertiary alicyclic amines) is 1. The Labute approximate surface area is 76.8 Å². The van der Waals surface area contributed by atoms with Gasteiger partial charge in [-0.3, -0.25) is 14.5 Å². The number of imide groups is 1. The Balaban J connectivity index is 2.56. The van der Waals surface area contributed by atoms with Gasteiger partial charge in [-0.05, 0) is 5.57 Å². The molecular weight excluding hydrogens is 174 g/mol. The Bertz CT molecular complexity index is 221. The highest BCUT2D eigenvalue weighted by Crippen LogP contribution is 2.13. The second-order valence-electron chi connectivity index (χ2n) is 2.78. The van der Waals surface area contributed by atoms with Crippen LogP contribution in [0, 0.1) is 0 Å². The van der Waals surface area contributed by atoms with Crippen molar-refractivity contribution in [3.63, 3.8) is 0 Å². The van der Waals surface area contributed by atoms with Crippen molar-refractivity contribution in [3.8, 4) is 0 Å². The summed E-state index contributed by atoms with van der Waals surface area (Å²) < 4.78 is 0.